The zero-order chi connectivity index (χ0) is 33.6. The molecule has 2 N–H and O–H groups in total. The van der Waals surface area contributed by atoms with Gasteiger partial charge in [-0.3, -0.25) is 10.8 Å². The number of rotatable bonds is 7. The first-order chi connectivity index (χ1) is 24.1. The minimum Gasteiger partial charge on any atom is -0.421 e. The molecule has 0 amide bonds. The van der Waals surface area contributed by atoms with E-state index in [9.17, 15) is 5.26 Å². The highest BCUT2D eigenvalue weighted by molar-refractivity contribution is 6.04. The smallest absolute Gasteiger partial charge is 0.221 e. The van der Waals surface area contributed by atoms with E-state index in [1.54, 1.807) is 12.1 Å². The molecule has 49 heavy (non-hydrogen) atoms. The van der Waals surface area contributed by atoms with Gasteiger partial charge >= 0.3 is 0 Å². The molecule has 7 aromatic rings. The summed E-state index contributed by atoms with van der Waals surface area (Å²) in [6.45, 7) is 0. The molecule has 7 rings (SSSR count). The van der Waals surface area contributed by atoms with Gasteiger partial charge in [0, 0.05) is 27.8 Å². The van der Waals surface area contributed by atoms with Crippen LogP contribution in [0.3, 0.4) is 0 Å². The summed E-state index contributed by atoms with van der Waals surface area (Å²) >= 11 is 0. The Morgan fingerprint density at radius 3 is 1.63 bits per heavy atom. The second-order valence-electron chi connectivity index (χ2n) is 11.2. The van der Waals surface area contributed by atoms with Crippen molar-refractivity contribution in [3.63, 3.8) is 0 Å². The summed E-state index contributed by atoms with van der Waals surface area (Å²) in [5, 5.41) is 25.9. The van der Waals surface area contributed by atoms with Crippen molar-refractivity contribution in [2.24, 2.45) is 0 Å². The third-order valence-electron chi connectivity index (χ3n) is 8.00. The summed E-state index contributed by atoms with van der Waals surface area (Å²) in [7, 11) is 0. The Labute approximate surface area is 283 Å². The summed E-state index contributed by atoms with van der Waals surface area (Å²) < 4.78 is 5.52. The maximum absolute atomic E-state index is 9.30. The van der Waals surface area contributed by atoms with Crippen LogP contribution in [0.2, 0.25) is 0 Å². The van der Waals surface area contributed by atoms with Gasteiger partial charge in [-0.2, -0.15) is 5.26 Å². The number of hydrogen-bond donors (Lipinski definition) is 2. The van der Waals surface area contributed by atoms with Crippen molar-refractivity contribution in [3.05, 3.63) is 174 Å². The van der Waals surface area contributed by atoms with E-state index in [1.165, 1.54) is 0 Å². The molecule has 0 aliphatic heterocycles. The van der Waals surface area contributed by atoms with E-state index in [4.69, 9.17) is 30.5 Å². The molecule has 0 atom stereocenters. The number of hydrogen-bond acceptors (Lipinski definition) is 7. The Kier molecular flexibility index (Phi) is 8.59. The van der Waals surface area contributed by atoms with Gasteiger partial charge in [0.2, 0.25) is 11.8 Å². The first-order valence-electron chi connectivity index (χ1n) is 15.6. The molecule has 1 heterocycles. The summed E-state index contributed by atoms with van der Waals surface area (Å²) in [5.41, 5.74) is 8.13. The molecule has 0 saturated carbocycles. The molecule has 0 spiro atoms. The standard InChI is InChI=1S/C42H28N6O/c43-27-28-18-20-30(21-19-28)36-16-7-8-17-37(36)42-47-40(33-12-5-2-6-13-33)46-41(48-42)35-15-9-14-34(26-35)29-22-24-32(25-23-29)39(45)49-38(44)31-10-3-1-4-11-31/h1-26,44-45H. The molecular weight excluding hydrogens is 605 g/mol. The van der Waals surface area contributed by atoms with E-state index in [0.717, 1.165) is 38.9 Å². The van der Waals surface area contributed by atoms with E-state index in [1.807, 2.05) is 146 Å². The maximum Gasteiger partial charge on any atom is 0.221 e. The molecule has 7 nitrogen and oxygen atoms in total. The van der Waals surface area contributed by atoms with Gasteiger partial charge < -0.3 is 4.74 Å². The Morgan fingerprint density at radius 1 is 0.449 bits per heavy atom. The Morgan fingerprint density at radius 2 is 0.959 bits per heavy atom. The fourth-order valence-electron chi connectivity index (χ4n) is 5.46. The molecule has 0 unspecified atom stereocenters. The molecule has 232 valence electrons. The highest BCUT2D eigenvalue weighted by atomic mass is 16.5. The van der Waals surface area contributed by atoms with Crippen LogP contribution in [0, 0.1) is 22.1 Å². The number of aromatic nitrogens is 3. The number of ether oxygens (including phenoxy) is 1. The van der Waals surface area contributed by atoms with Crippen molar-refractivity contribution in [2.45, 2.75) is 0 Å². The Balaban J connectivity index is 1.23. The lowest BCUT2D eigenvalue weighted by Crippen LogP contribution is -2.12. The number of nitriles is 1. The van der Waals surface area contributed by atoms with Crippen LogP contribution in [0.5, 0.6) is 0 Å². The summed E-state index contributed by atoms with van der Waals surface area (Å²) in [6, 6.07) is 52.1. The van der Waals surface area contributed by atoms with Gasteiger partial charge in [-0.25, -0.2) is 15.0 Å². The number of nitrogens with zero attached hydrogens (tertiary/aromatic N) is 4. The zero-order valence-electron chi connectivity index (χ0n) is 26.2. The monoisotopic (exact) mass is 632 g/mol. The second kappa shape index (κ2) is 13.8. The van der Waals surface area contributed by atoms with Gasteiger partial charge in [-0.1, -0.05) is 115 Å². The normalized spacial score (nSPS) is 10.6. The molecular formula is C42H28N6O. The van der Waals surface area contributed by atoms with Crippen LogP contribution in [-0.4, -0.2) is 26.7 Å². The number of nitrogens with one attached hydrogen (secondary N) is 2. The molecule has 0 fully saturated rings. The van der Waals surface area contributed by atoms with Gasteiger partial charge in [-0.05, 0) is 64.7 Å². The average Bonchev–Trinajstić information content (AvgIpc) is 3.18. The van der Waals surface area contributed by atoms with Crippen LogP contribution < -0.4 is 0 Å². The van der Waals surface area contributed by atoms with Gasteiger partial charge in [0.1, 0.15) is 0 Å². The Bertz CT molecular complexity index is 2330. The van der Waals surface area contributed by atoms with E-state index in [0.29, 0.717) is 34.2 Å². The lowest BCUT2D eigenvalue weighted by molar-refractivity contribution is 0.538. The zero-order valence-corrected chi connectivity index (χ0v) is 26.2. The molecule has 7 heteroatoms. The van der Waals surface area contributed by atoms with Gasteiger partial charge in [0.25, 0.3) is 0 Å². The van der Waals surface area contributed by atoms with Crippen molar-refractivity contribution >= 4 is 11.8 Å². The van der Waals surface area contributed by atoms with E-state index >= 15 is 0 Å². The van der Waals surface area contributed by atoms with E-state index in [2.05, 4.69) is 6.07 Å². The molecule has 6 aromatic carbocycles. The average molecular weight is 633 g/mol. The lowest BCUT2D eigenvalue weighted by atomic mass is 9.98. The van der Waals surface area contributed by atoms with Crippen molar-refractivity contribution < 1.29 is 4.74 Å². The van der Waals surface area contributed by atoms with Crippen LogP contribution in [0.1, 0.15) is 16.7 Å². The predicted molar refractivity (Wildman–Crippen MR) is 193 cm³/mol. The third-order valence-corrected chi connectivity index (χ3v) is 8.00. The maximum atomic E-state index is 9.30. The SMILES string of the molecule is N#Cc1ccc(-c2ccccc2-c2nc(-c3ccccc3)nc(-c3cccc(-c4ccc(C(=N)OC(=N)c5ccccc5)cc4)c3)n2)cc1. The first-order valence-corrected chi connectivity index (χ1v) is 15.6. The van der Waals surface area contributed by atoms with Crippen LogP contribution in [0.15, 0.2) is 158 Å². The molecule has 0 saturated heterocycles. The molecule has 0 aliphatic carbocycles. The highest BCUT2D eigenvalue weighted by Gasteiger charge is 2.16. The summed E-state index contributed by atoms with van der Waals surface area (Å²) in [6.07, 6.45) is 0. The quantitative estimate of drug-likeness (QED) is 0.134. The van der Waals surface area contributed by atoms with Crippen LogP contribution >= 0.6 is 0 Å². The molecule has 1 aromatic heterocycles. The van der Waals surface area contributed by atoms with Crippen molar-refractivity contribution in [1.29, 1.82) is 16.1 Å². The molecule has 0 bridgehead atoms. The molecule has 0 radical (unpaired) electrons. The largest absolute Gasteiger partial charge is 0.421 e. The fourth-order valence-corrected chi connectivity index (χ4v) is 5.46. The van der Waals surface area contributed by atoms with Crippen LogP contribution in [0.4, 0.5) is 0 Å². The van der Waals surface area contributed by atoms with Crippen LogP contribution in [-0.2, 0) is 4.74 Å². The molecule has 0 aliphatic rings. The van der Waals surface area contributed by atoms with E-state index in [-0.39, 0.29) is 11.8 Å². The minimum absolute atomic E-state index is 0.0755. The van der Waals surface area contributed by atoms with Crippen molar-refractivity contribution in [3.8, 4) is 62.5 Å². The minimum atomic E-state index is -0.0957. The van der Waals surface area contributed by atoms with Crippen molar-refractivity contribution in [2.75, 3.05) is 0 Å². The first kappa shape index (κ1) is 30.6. The van der Waals surface area contributed by atoms with E-state index < -0.39 is 0 Å². The van der Waals surface area contributed by atoms with Crippen molar-refractivity contribution in [1.82, 2.24) is 15.0 Å². The highest BCUT2D eigenvalue weighted by Crippen LogP contribution is 2.33. The Hall–Kier alpha value is -7.04. The summed E-state index contributed by atoms with van der Waals surface area (Å²) in [5.74, 6) is 1.46. The second-order valence-corrected chi connectivity index (χ2v) is 11.2. The summed E-state index contributed by atoms with van der Waals surface area (Å²) in [4.78, 5) is 14.9. The van der Waals surface area contributed by atoms with Crippen LogP contribution in [0.25, 0.3) is 56.4 Å². The number of benzene rings is 6. The predicted octanol–water partition coefficient (Wildman–Crippen LogP) is 9.45. The lowest BCUT2D eigenvalue weighted by Gasteiger charge is -2.13. The van der Waals surface area contributed by atoms with Gasteiger partial charge in [0.05, 0.1) is 11.6 Å². The van der Waals surface area contributed by atoms with Gasteiger partial charge in [0.15, 0.2) is 17.5 Å². The fraction of sp³-hybridized carbons (Fsp3) is 0. The van der Waals surface area contributed by atoms with Gasteiger partial charge in [-0.15, -0.1) is 0 Å². The third kappa shape index (κ3) is 6.75. The topological polar surface area (TPSA) is 119 Å².